The van der Waals surface area contributed by atoms with E-state index in [9.17, 15) is 9.90 Å². The molecule has 0 aromatic heterocycles. The van der Waals surface area contributed by atoms with Crippen molar-refractivity contribution in [3.8, 4) is 0 Å². The Balaban J connectivity index is 1.55. The van der Waals surface area contributed by atoms with E-state index in [0.717, 1.165) is 37.3 Å². The van der Waals surface area contributed by atoms with Crippen LogP contribution in [0.5, 0.6) is 0 Å². The molecule has 2 fully saturated rings. The predicted molar refractivity (Wildman–Crippen MR) is 99.1 cm³/mol. The number of rotatable bonds is 3. The first-order valence-electron chi connectivity index (χ1n) is 9.22. The number of aliphatic hydroxyl groups excluding tert-OH is 1. The van der Waals surface area contributed by atoms with Gasteiger partial charge in [0.1, 0.15) is 0 Å². The molecule has 0 radical (unpaired) electrons. The van der Waals surface area contributed by atoms with Gasteiger partial charge >= 0.3 is 6.03 Å². The number of carbonyl (C=O) groups is 1. The summed E-state index contributed by atoms with van der Waals surface area (Å²) in [5.74, 6) is 0.335. The minimum absolute atomic E-state index is 0.0576. The molecule has 2 atom stereocenters. The average molecular weight is 347 g/mol. The van der Waals surface area contributed by atoms with Gasteiger partial charge < -0.3 is 25.0 Å². The van der Waals surface area contributed by atoms with E-state index in [-0.39, 0.29) is 24.8 Å². The number of ether oxygens (including phenoxy) is 1. The zero-order chi connectivity index (χ0) is 17.8. The van der Waals surface area contributed by atoms with Gasteiger partial charge in [-0.15, -0.1) is 0 Å². The molecule has 2 aliphatic rings. The van der Waals surface area contributed by atoms with Crippen molar-refractivity contribution >= 4 is 17.4 Å². The Hall–Kier alpha value is -1.79. The van der Waals surface area contributed by atoms with Crippen LogP contribution < -0.4 is 10.2 Å². The number of nitrogens with zero attached hydrogens (tertiary/aromatic N) is 2. The molecular weight excluding hydrogens is 318 g/mol. The van der Waals surface area contributed by atoms with Crippen molar-refractivity contribution in [2.45, 2.75) is 38.9 Å². The van der Waals surface area contributed by atoms with Crippen molar-refractivity contribution in [1.29, 1.82) is 0 Å². The fourth-order valence-corrected chi connectivity index (χ4v) is 3.67. The second kappa shape index (κ2) is 8.06. The highest BCUT2D eigenvalue weighted by Gasteiger charge is 2.23. The normalized spacial score (nSPS) is 25.1. The second-order valence-corrected chi connectivity index (χ2v) is 7.25. The monoisotopic (exact) mass is 347 g/mol. The zero-order valence-electron chi connectivity index (χ0n) is 15.1. The first-order chi connectivity index (χ1) is 12.0. The maximum atomic E-state index is 12.4. The van der Waals surface area contributed by atoms with Crippen LogP contribution in [-0.4, -0.2) is 61.0 Å². The van der Waals surface area contributed by atoms with Crippen LogP contribution in [0.3, 0.4) is 0 Å². The fourth-order valence-electron chi connectivity index (χ4n) is 3.67. The number of amides is 2. The number of nitrogens with one attached hydrogen (secondary N) is 1. The quantitative estimate of drug-likeness (QED) is 0.882. The minimum atomic E-state index is -0.0576. The molecule has 2 N–H and O–H groups in total. The van der Waals surface area contributed by atoms with Crippen molar-refractivity contribution in [2.24, 2.45) is 5.92 Å². The Kier molecular flexibility index (Phi) is 5.81. The number of likely N-dealkylation sites (tertiary alicyclic amines) is 1. The molecule has 3 rings (SSSR count). The summed E-state index contributed by atoms with van der Waals surface area (Å²) in [6, 6.07) is 7.96. The number of hydrogen-bond acceptors (Lipinski definition) is 4. The summed E-state index contributed by atoms with van der Waals surface area (Å²) in [5, 5.41) is 12.2. The van der Waals surface area contributed by atoms with E-state index in [1.165, 1.54) is 0 Å². The number of carbonyl (C=O) groups excluding carboxylic acids is 1. The molecule has 1 aromatic carbocycles. The van der Waals surface area contributed by atoms with Crippen LogP contribution in [0, 0.1) is 5.92 Å². The zero-order valence-corrected chi connectivity index (χ0v) is 15.1. The summed E-state index contributed by atoms with van der Waals surface area (Å²) < 4.78 is 5.78. The highest BCUT2D eigenvalue weighted by Crippen LogP contribution is 2.23. The van der Waals surface area contributed by atoms with Crippen molar-refractivity contribution in [1.82, 2.24) is 4.90 Å². The van der Waals surface area contributed by atoms with Crippen LogP contribution >= 0.6 is 0 Å². The van der Waals surface area contributed by atoms with Crippen LogP contribution in [0.25, 0.3) is 0 Å². The van der Waals surface area contributed by atoms with Crippen LogP contribution in [0.15, 0.2) is 24.3 Å². The molecule has 138 valence electrons. The highest BCUT2D eigenvalue weighted by molar-refractivity contribution is 5.89. The van der Waals surface area contributed by atoms with Crippen LogP contribution in [0.1, 0.15) is 26.7 Å². The second-order valence-electron chi connectivity index (χ2n) is 7.25. The molecule has 2 aliphatic heterocycles. The first-order valence-corrected chi connectivity index (χ1v) is 9.22. The molecule has 1 aromatic rings. The summed E-state index contributed by atoms with van der Waals surface area (Å²) in [7, 11) is 0. The molecule has 0 bridgehead atoms. The molecular formula is C19H29N3O3. The summed E-state index contributed by atoms with van der Waals surface area (Å²) in [4.78, 5) is 16.5. The maximum Gasteiger partial charge on any atom is 0.321 e. The molecule has 6 heteroatoms. The standard InChI is InChI=1S/C19H29N3O3/c1-14-11-22(12-15(2)25-14)18-5-3-17(4-6-18)20-19(24)21-9-7-16(13-23)8-10-21/h3-6,14-16,23H,7-13H2,1-2H3,(H,20,24)/t14-,15+. The molecule has 2 amide bonds. The summed E-state index contributed by atoms with van der Waals surface area (Å²) in [6.45, 7) is 7.59. The molecule has 25 heavy (non-hydrogen) atoms. The van der Waals surface area contributed by atoms with Gasteiger partial charge in [0.2, 0.25) is 0 Å². The van der Waals surface area contributed by atoms with Gasteiger partial charge in [-0.1, -0.05) is 0 Å². The van der Waals surface area contributed by atoms with E-state index in [1.54, 1.807) is 0 Å². The molecule has 0 saturated carbocycles. The molecule has 0 spiro atoms. The molecule has 0 aliphatic carbocycles. The van der Waals surface area contributed by atoms with Crippen molar-refractivity contribution in [3.63, 3.8) is 0 Å². The molecule has 2 saturated heterocycles. The van der Waals surface area contributed by atoms with Crippen LogP contribution in [0.2, 0.25) is 0 Å². The lowest BCUT2D eigenvalue weighted by Crippen LogP contribution is -2.45. The number of hydrogen-bond donors (Lipinski definition) is 2. The van der Waals surface area contributed by atoms with Gasteiger partial charge in [0.25, 0.3) is 0 Å². The van der Waals surface area contributed by atoms with Gasteiger partial charge in [0.05, 0.1) is 12.2 Å². The van der Waals surface area contributed by atoms with E-state index in [1.807, 2.05) is 17.0 Å². The SMILES string of the molecule is C[C@@H]1CN(c2ccc(NC(=O)N3CCC(CO)CC3)cc2)C[C@H](C)O1. The topological polar surface area (TPSA) is 65.0 Å². The van der Waals surface area contributed by atoms with Crippen molar-refractivity contribution in [3.05, 3.63) is 24.3 Å². The third kappa shape index (κ3) is 4.64. The van der Waals surface area contributed by atoms with E-state index < -0.39 is 0 Å². The number of benzene rings is 1. The summed E-state index contributed by atoms with van der Waals surface area (Å²) >= 11 is 0. The van der Waals surface area contributed by atoms with E-state index in [2.05, 4.69) is 36.2 Å². The number of urea groups is 1. The average Bonchev–Trinajstić information content (AvgIpc) is 2.61. The Morgan fingerprint density at radius 2 is 1.76 bits per heavy atom. The molecule has 2 heterocycles. The molecule has 6 nitrogen and oxygen atoms in total. The van der Waals surface area contributed by atoms with Gasteiger partial charge in [-0.25, -0.2) is 4.79 Å². The van der Waals surface area contributed by atoms with Gasteiger partial charge in [0.15, 0.2) is 0 Å². The van der Waals surface area contributed by atoms with Gasteiger partial charge in [-0.05, 0) is 56.9 Å². The third-order valence-electron chi connectivity index (χ3n) is 5.06. The predicted octanol–water partition coefficient (Wildman–Crippen LogP) is 2.54. The molecule has 0 unspecified atom stereocenters. The lowest BCUT2D eigenvalue weighted by Gasteiger charge is -2.37. The third-order valence-corrected chi connectivity index (χ3v) is 5.06. The number of aliphatic hydroxyl groups is 1. The Labute approximate surface area is 149 Å². The minimum Gasteiger partial charge on any atom is -0.396 e. The van der Waals surface area contributed by atoms with Gasteiger partial charge in [0, 0.05) is 44.2 Å². The smallest absolute Gasteiger partial charge is 0.321 e. The van der Waals surface area contributed by atoms with Crippen LogP contribution in [0.4, 0.5) is 16.2 Å². The largest absolute Gasteiger partial charge is 0.396 e. The lowest BCUT2D eigenvalue weighted by molar-refractivity contribution is -0.00521. The Morgan fingerprint density at radius 1 is 1.16 bits per heavy atom. The Bertz CT molecular complexity index is 560. The van der Waals surface area contributed by atoms with Crippen LogP contribution in [-0.2, 0) is 4.74 Å². The first kappa shape index (κ1) is 18.0. The number of morpholine rings is 1. The van der Waals surface area contributed by atoms with Gasteiger partial charge in [-0.3, -0.25) is 0 Å². The van der Waals surface area contributed by atoms with E-state index >= 15 is 0 Å². The van der Waals surface area contributed by atoms with Gasteiger partial charge in [-0.2, -0.15) is 0 Å². The Morgan fingerprint density at radius 3 is 2.32 bits per heavy atom. The van der Waals surface area contributed by atoms with Crippen molar-refractivity contribution < 1.29 is 14.6 Å². The number of piperidine rings is 1. The summed E-state index contributed by atoms with van der Waals surface area (Å²) in [5.41, 5.74) is 1.97. The highest BCUT2D eigenvalue weighted by atomic mass is 16.5. The lowest BCUT2D eigenvalue weighted by atomic mass is 9.98. The fraction of sp³-hybridized carbons (Fsp3) is 0.632. The van der Waals surface area contributed by atoms with E-state index in [4.69, 9.17) is 4.74 Å². The summed E-state index contributed by atoms with van der Waals surface area (Å²) in [6.07, 6.45) is 2.20. The maximum absolute atomic E-state index is 12.4. The number of anilines is 2. The van der Waals surface area contributed by atoms with E-state index in [0.29, 0.717) is 19.0 Å². The van der Waals surface area contributed by atoms with Crippen molar-refractivity contribution in [2.75, 3.05) is 43.0 Å².